The van der Waals surface area contributed by atoms with Crippen molar-refractivity contribution in [2.45, 2.75) is 39.3 Å². The van der Waals surface area contributed by atoms with Gasteiger partial charge in [0.1, 0.15) is 0 Å². The molecule has 1 unspecified atom stereocenters. The number of carbonyl (C=O) groups is 1. The van der Waals surface area contributed by atoms with Gasteiger partial charge in [-0.05, 0) is 33.2 Å². The molecule has 0 spiro atoms. The van der Waals surface area contributed by atoms with Crippen LogP contribution >= 0.6 is 11.3 Å². The second kappa shape index (κ2) is 7.80. The third kappa shape index (κ3) is 4.07. The SMILES string of the molecule is Cc1nc(C)c(CN2CCCC(N(C)C(=O)N3CCOCC3)C2)s1. The summed E-state index contributed by atoms with van der Waals surface area (Å²) in [5, 5.41) is 1.13. The van der Waals surface area contributed by atoms with Crippen molar-refractivity contribution in [3.63, 3.8) is 0 Å². The largest absolute Gasteiger partial charge is 0.378 e. The van der Waals surface area contributed by atoms with Crippen LogP contribution in [0, 0.1) is 13.8 Å². The molecule has 0 aromatic carbocycles. The normalized spacial score (nSPS) is 22.6. The summed E-state index contributed by atoms with van der Waals surface area (Å²) in [4.78, 5) is 24.9. The van der Waals surface area contributed by atoms with Crippen LogP contribution in [0.5, 0.6) is 0 Å². The van der Waals surface area contributed by atoms with Crippen LogP contribution in [0.25, 0.3) is 0 Å². The Labute approximate surface area is 148 Å². The lowest BCUT2D eigenvalue weighted by atomic mass is 10.0. The van der Waals surface area contributed by atoms with Crippen LogP contribution in [0.1, 0.15) is 28.4 Å². The van der Waals surface area contributed by atoms with Crippen molar-refractivity contribution in [3.05, 3.63) is 15.6 Å². The van der Waals surface area contributed by atoms with Crippen LogP contribution in [-0.2, 0) is 11.3 Å². The highest BCUT2D eigenvalue weighted by Gasteiger charge is 2.29. The minimum absolute atomic E-state index is 0.148. The lowest BCUT2D eigenvalue weighted by molar-refractivity contribution is 0.0366. The highest BCUT2D eigenvalue weighted by Crippen LogP contribution is 2.23. The van der Waals surface area contributed by atoms with Gasteiger partial charge in [-0.25, -0.2) is 9.78 Å². The van der Waals surface area contributed by atoms with Gasteiger partial charge in [0.25, 0.3) is 0 Å². The van der Waals surface area contributed by atoms with E-state index < -0.39 is 0 Å². The highest BCUT2D eigenvalue weighted by atomic mass is 32.1. The maximum Gasteiger partial charge on any atom is 0.320 e. The summed E-state index contributed by atoms with van der Waals surface area (Å²) in [6.45, 7) is 9.88. The van der Waals surface area contributed by atoms with E-state index in [0.29, 0.717) is 32.3 Å². The number of amides is 2. The summed E-state index contributed by atoms with van der Waals surface area (Å²) in [7, 11) is 1.95. The Bertz CT molecular complexity index is 571. The van der Waals surface area contributed by atoms with Gasteiger partial charge >= 0.3 is 6.03 Å². The molecule has 0 bridgehead atoms. The van der Waals surface area contributed by atoms with Crippen LogP contribution in [-0.4, -0.2) is 78.2 Å². The molecule has 1 aromatic heterocycles. The van der Waals surface area contributed by atoms with Crippen LogP contribution in [0.2, 0.25) is 0 Å². The summed E-state index contributed by atoms with van der Waals surface area (Å²) < 4.78 is 5.35. The predicted molar refractivity (Wildman–Crippen MR) is 95.4 cm³/mol. The number of piperidine rings is 1. The lowest BCUT2D eigenvalue weighted by Gasteiger charge is -2.40. The molecule has 24 heavy (non-hydrogen) atoms. The zero-order valence-corrected chi connectivity index (χ0v) is 15.8. The van der Waals surface area contributed by atoms with Crippen molar-refractivity contribution < 1.29 is 9.53 Å². The fraction of sp³-hybridized carbons (Fsp3) is 0.765. The quantitative estimate of drug-likeness (QED) is 0.836. The Balaban J connectivity index is 1.58. The Morgan fingerprint density at radius 3 is 2.75 bits per heavy atom. The smallest absolute Gasteiger partial charge is 0.320 e. The molecular weight excluding hydrogens is 324 g/mol. The number of nitrogens with zero attached hydrogens (tertiary/aromatic N) is 4. The Kier molecular flexibility index (Phi) is 5.73. The van der Waals surface area contributed by atoms with E-state index in [0.717, 1.165) is 43.2 Å². The molecule has 0 aliphatic carbocycles. The molecule has 2 saturated heterocycles. The zero-order valence-electron chi connectivity index (χ0n) is 15.0. The number of thiazole rings is 1. The third-order valence-electron chi connectivity index (χ3n) is 4.98. The summed E-state index contributed by atoms with van der Waals surface area (Å²) in [5.74, 6) is 0. The number of rotatable bonds is 3. The minimum atomic E-state index is 0.148. The Morgan fingerprint density at radius 2 is 2.08 bits per heavy atom. The van der Waals surface area contributed by atoms with Crippen LogP contribution < -0.4 is 0 Å². The molecule has 2 aliphatic rings. The molecule has 1 atom stereocenters. The van der Waals surface area contributed by atoms with E-state index in [9.17, 15) is 4.79 Å². The first-order valence-corrected chi connectivity index (χ1v) is 9.61. The third-order valence-corrected chi connectivity index (χ3v) is 6.04. The molecule has 3 heterocycles. The van der Waals surface area contributed by atoms with Gasteiger partial charge in [0, 0.05) is 44.1 Å². The first-order chi connectivity index (χ1) is 11.5. The molecule has 1 aromatic rings. The number of likely N-dealkylation sites (N-methyl/N-ethyl adjacent to an activating group) is 1. The molecule has 3 rings (SSSR count). The molecule has 2 aliphatic heterocycles. The molecule has 0 N–H and O–H groups in total. The van der Waals surface area contributed by atoms with E-state index >= 15 is 0 Å². The summed E-state index contributed by atoms with van der Waals surface area (Å²) in [6.07, 6.45) is 2.23. The van der Waals surface area contributed by atoms with Gasteiger partial charge in [-0.3, -0.25) is 4.90 Å². The average Bonchev–Trinajstić information content (AvgIpc) is 2.92. The lowest BCUT2D eigenvalue weighted by Crippen LogP contribution is -2.54. The Hall–Kier alpha value is -1.18. The fourth-order valence-electron chi connectivity index (χ4n) is 3.55. The second-order valence-electron chi connectivity index (χ2n) is 6.77. The topological polar surface area (TPSA) is 48.9 Å². The van der Waals surface area contributed by atoms with Crippen molar-refractivity contribution in [1.82, 2.24) is 19.7 Å². The van der Waals surface area contributed by atoms with E-state index in [1.807, 2.05) is 16.8 Å². The van der Waals surface area contributed by atoms with Crippen LogP contribution in [0.3, 0.4) is 0 Å². The first-order valence-electron chi connectivity index (χ1n) is 8.79. The second-order valence-corrected chi connectivity index (χ2v) is 8.05. The first kappa shape index (κ1) is 17.6. The van der Waals surface area contributed by atoms with Gasteiger partial charge < -0.3 is 14.5 Å². The highest BCUT2D eigenvalue weighted by molar-refractivity contribution is 7.11. The van der Waals surface area contributed by atoms with Crippen molar-refractivity contribution in [1.29, 1.82) is 0 Å². The van der Waals surface area contributed by atoms with Crippen LogP contribution in [0.4, 0.5) is 4.79 Å². The maximum atomic E-state index is 12.7. The molecule has 6 nitrogen and oxygen atoms in total. The predicted octanol–water partition coefficient (Wildman–Crippen LogP) is 2.11. The van der Waals surface area contributed by atoms with Gasteiger partial charge in [-0.2, -0.15) is 0 Å². The number of likely N-dealkylation sites (tertiary alicyclic amines) is 1. The van der Waals surface area contributed by atoms with Gasteiger partial charge in [0.05, 0.1) is 23.9 Å². The van der Waals surface area contributed by atoms with E-state index in [1.54, 1.807) is 11.3 Å². The van der Waals surface area contributed by atoms with Crippen molar-refractivity contribution in [3.8, 4) is 0 Å². The number of hydrogen-bond acceptors (Lipinski definition) is 5. The van der Waals surface area contributed by atoms with E-state index in [1.165, 1.54) is 4.88 Å². The molecular formula is C17H28N4O2S. The van der Waals surface area contributed by atoms with Gasteiger partial charge in [-0.1, -0.05) is 0 Å². The molecule has 7 heteroatoms. The molecule has 0 radical (unpaired) electrons. The number of aromatic nitrogens is 1. The average molecular weight is 353 g/mol. The van der Waals surface area contributed by atoms with Crippen molar-refractivity contribution in [2.75, 3.05) is 46.4 Å². The van der Waals surface area contributed by atoms with Crippen LogP contribution in [0.15, 0.2) is 0 Å². The van der Waals surface area contributed by atoms with Gasteiger partial charge in [-0.15, -0.1) is 11.3 Å². The number of urea groups is 1. The number of carbonyl (C=O) groups excluding carboxylic acids is 1. The fourth-order valence-corrected chi connectivity index (χ4v) is 4.53. The monoisotopic (exact) mass is 352 g/mol. The maximum absolute atomic E-state index is 12.7. The summed E-state index contributed by atoms with van der Waals surface area (Å²) >= 11 is 1.79. The number of hydrogen-bond donors (Lipinski definition) is 0. The molecule has 134 valence electrons. The van der Waals surface area contributed by atoms with E-state index in [4.69, 9.17) is 4.74 Å². The molecule has 2 amide bonds. The number of ether oxygens (including phenoxy) is 1. The van der Waals surface area contributed by atoms with Crippen molar-refractivity contribution in [2.24, 2.45) is 0 Å². The number of aryl methyl sites for hydroxylation is 2. The summed E-state index contributed by atoms with van der Waals surface area (Å²) in [6, 6.07) is 0.443. The minimum Gasteiger partial charge on any atom is -0.378 e. The van der Waals surface area contributed by atoms with E-state index in [-0.39, 0.29) is 6.03 Å². The van der Waals surface area contributed by atoms with Gasteiger partial charge in [0.2, 0.25) is 0 Å². The summed E-state index contributed by atoms with van der Waals surface area (Å²) in [5.41, 5.74) is 1.15. The standard InChI is InChI=1S/C17H28N4O2S/c1-13-16(24-14(2)18-13)12-20-6-4-5-15(11-20)19(3)17(22)21-7-9-23-10-8-21/h15H,4-12H2,1-3H3. The number of morpholine rings is 1. The van der Waals surface area contributed by atoms with Gasteiger partial charge in [0.15, 0.2) is 0 Å². The Morgan fingerprint density at radius 1 is 1.33 bits per heavy atom. The zero-order chi connectivity index (χ0) is 17.1. The molecule has 2 fully saturated rings. The van der Waals surface area contributed by atoms with Crippen molar-refractivity contribution >= 4 is 17.4 Å². The van der Waals surface area contributed by atoms with E-state index in [2.05, 4.69) is 23.7 Å². The molecule has 0 saturated carbocycles.